The molecule has 1 saturated carbocycles. The highest BCUT2D eigenvalue weighted by atomic mass is 16.1. The van der Waals surface area contributed by atoms with E-state index in [4.69, 9.17) is 0 Å². The van der Waals surface area contributed by atoms with Crippen LogP contribution in [-0.2, 0) is 6.42 Å². The van der Waals surface area contributed by atoms with E-state index in [1.807, 2.05) is 13.8 Å². The van der Waals surface area contributed by atoms with Crippen molar-refractivity contribution in [3.05, 3.63) is 27.4 Å². The molecule has 82 valence electrons. The molecule has 1 aromatic rings. The maximum Gasteiger partial charge on any atom is 0.254 e. The first-order valence-electron chi connectivity index (χ1n) is 5.82. The fourth-order valence-corrected chi connectivity index (χ4v) is 2.34. The topological polar surface area (TPSA) is 45.8 Å². The van der Waals surface area contributed by atoms with Crippen LogP contribution < -0.4 is 5.56 Å². The predicted octanol–water partition coefficient (Wildman–Crippen LogP) is 2.30. The minimum Gasteiger partial charge on any atom is -0.310 e. The van der Waals surface area contributed by atoms with E-state index in [1.54, 1.807) is 0 Å². The van der Waals surface area contributed by atoms with Gasteiger partial charge in [-0.3, -0.25) is 4.79 Å². The molecule has 1 aromatic heterocycles. The number of aromatic amines is 1. The minimum absolute atomic E-state index is 0.0451. The Balaban J connectivity index is 2.40. The molecule has 0 bridgehead atoms. The lowest BCUT2D eigenvalue weighted by molar-refractivity contribution is 0.654. The van der Waals surface area contributed by atoms with E-state index >= 15 is 0 Å². The summed E-state index contributed by atoms with van der Waals surface area (Å²) in [4.78, 5) is 19.2. The van der Waals surface area contributed by atoms with Crippen molar-refractivity contribution in [1.29, 1.82) is 0 Å². The standard InChI is InChI=1S/C12H18N2O/c1-3-10-8(2)12(15)14-11(13-10)9-6-4-5-7-9/h9H,3-7H2,1-2H3,(H,13,14,15). The maximum atomic E-state index is 11.7. The number of H-pyrrole nitrogens is 1. The summed E-state index contributed by atoms with van der Waals surface area (Å²) < 4.78 is 0. The van der Waals surface area contributed by atoms with Gasteiger partial charge in [0.1, 0.15) is 5.82 Å². The second-order valence-electron chi connectivity index (χ2n) is 4.36. The first-order valence-corrected chi connectivity index (χ1v) is 5.82. The Morgan fingerprint density at radius 2 is 2.07 bits per heavy atom. The Hall–Kier alpha value is -1.12. The molecule has 2 rings (SSSR count). The molecular formula is C12H18N2O. The largest absolute Gasteiger partial charge is 0.310 e. The van der Waals surface area contributed by atoms with Crippen LogP contribution in [0.3, 0.4) is 0 Å². The third kappa shape index (κ3) is 1.96. The van der Waals surface area contributed by atoms with Gasteiger partial charge in [-0.25, -0.2) is 4.98 Å². The highest BCUT2D eigenvalue weighted by Crippen LogP contribution is 2.31. The van der Waals surface area contributed by atoms with Crippen LogP contribution in [0.4, 0.5) is 0 Å². The molecule has 1 aliphatic rings. The van der Waals surface area contributed by atoms with E-state index in [0.29, 0.717) is 5.92 Å². The summed E-state index contributed by atoms with van der Waals surface area (Å²) in [5, 5.41) is 0. The molecule has 0 radical (unpaired) electrons. The minimum atomic E-state index is 0.0451. The Bertz CT molecular complexity index is 403. The van der Waals surface area contributed by atoms with Crippen LogP contribution in [0.25, 0.3) is 0 Å². The molecule has 1 fully saturated rings. The lowest BCUT2D eigenvalue weighted by Gasteiger charge is -2.10. The molecule has 1 heterocycles. The average Bonchev–Trinajstić information content (AvgIpc) is 2.75. The van der Waals surface area contributed by atoms with Crippen molar-refractivity contribution in [2.45, 2.75) is 51.9 Å². The molecule has 0 unspecified atom stereocenters. The van der Waals surface area contributed by atoms with Gasteiger partial charge in [-0.1, -0.05) is 19.8 Å². The smallest absolute Gasteiger partial charge is 0.254 e. The number of aryl methyl sites for hydroxylation is 1. The lowest BCUT2D eigenvalue weighted by Crippen LogP contribution is -2.18. The van der Waals surface area contributed by atoms with E-state index in [0.717, 1.165) is 23.5 Å². The average molecular weight is 206 g/mol. The van der Waals surface area contributed by atoms with Gasteiger partial charge in [-0.05, 0) is 26.2 Å². The normalized spacial score (nSPS) is 17.2. The van der Waals surface area contributed by atoms with Crippen molar-refractivity contribution in [3.8, 4) is 0 Å². The van der Waals surface area contributed by atoms with Gasteiger partial charge in [-0.15, -0.1) is 0 Å². The summed E-state index contributed by atoms with van der Waals surface area (Å²) in [6.45, 7) is 3.90. The molecule has 0 amide bonds. The van der Waals surface area contributed by atoms with Crippen molar-refractivity contribution in [2.75, 3.05) is 0 Å². The first kappa shape index (κ1) is 10.4. The fourth-order valence-electron chi connectivity index (χ4n) is 2.34. The summed E-state index contributed by atoms with van der Waals surface area (Å²) in [6.07, 6.45) is 5.73. The zero-order chi connectivity index (χ0) is 10.8. The Kier molecular flexibility index (Phi) is 2.89. The van der Waals surface area contributed by atoms with Gasteiger partial charge in [0.25, 0.3) is 5.56 Å². The third-order valence-electron chi connectivity index (χ3n) is 3.35. The monoisotopic (exact) mass is 206 g/mol. The van der Waals surface area contributed by atoms with Crippen molar-refractivity contribution < 1.29 is 0 Å². The van der Waals surface area contributed by atoms with Gasteiger partial charge in [0.15, 0.2) is 0 Å². The van der Waals surface area contributed by atoms with Crippen molar-refractivity contribution in [2.24, 2.45) is 0 Å². The predicted molar refractivity (Wildman–Crippen MR) is 60.2 cm³/mol. The quantitative estimate of drug-likeness (QED) is 0.807. The molecule has 3 heteroatoms. The van der Waals surface area contributed by atoms with Gasteiger partial charge in [-0.2, -0.15) is 0 Å². The molecular weight excluding hydrogens is 188 g/mol. The van der Waals surface area contributed by atoms with Gasteiger partial charge in [0.2, 0.25) is 0 Å². The van der Waals surface area contributed by atoms with Crippen LogP contribution in [0.5, 0.6) is 0 Å². The molecule has 0 aliphatic heterocycles. The van der Waals surface area contributed by atoms with E-state index in [2.05, 4.69) is 9.97 Å². The Labute approximate surface area is 89.9 Å². The van der Waals surface area contributed by atoms with Gasteiger partial charge in [0, 0.05) is 11.5 Å². The van der Waals surface area contributed by atoms with Crippen LogP contribution in [-0.4, -0.2) is 9.97 Å². The summed E-state index contributed by atoms with van der Waals surface area (Å²) in [7, 11) is 0. The number of hydrogen-bond acceptors (Lipinski definition) is 2. The SMILES string of the molecule is CCc1nc(C2CCCC2)[nH]c(=O)c1C. The lowest BCUT2D eigenvalue weighted by atomic mass is 10.1. The fraction of sp³-hybridized carbons (Fsp3) is 0.667. The number of rotatable bonds is 2. The summed E-state index contributed by atoms with van der Waals surface area (Å²) >= 11 is 0. The molecule has 0 atom stereocenters. The van der Waals surface area contributed by atoms with E-state index in [-0.39, 0.29) is 5.56 Å². The molecule has 1 N–H and O–H groups in total. The van der Waals surface area contributed by atoms with Crippen LogP contribution in [0, 0.1) is 6.92 Å². The van der Waals surface area contributed by atoms with E-state index in [9.17, 15) is 4.79 Å². The zero-order valence-electron chi connectivity index (χ0n) is 9.47. The molecule has 3 nitrogen and oxygen atoms in total. The second kappa shape index (κ2) is 4.17. The number of aromatic nitrogens is 2. The third-order valence-corrected chi connectivity index (χ3v) is 3.35. The molecule has 0 saturated heterocycles. The molecule has 0 aromatic carbocycles. The molecule has 15 heavy (non-hydrogen) atoms. The second-order valence-corrected chi connectivity index (χ2v) is 4.36. The summed E-state index contributed by atoms with van der Waals surface area (Å²) in [5.74, 6) is 1.41. The molecule has 1 aliphatic carbocycles. The number of hydrogen-bond donors (Lipinski definition) is 1. The zero-order valence-corrected chi connectivity index (χ0v) is 9.47. The number of nitrogens with one attached hydrogen (secondary N) is 1. The maximum absolute atomic E-state index is 11.7. The Morgan fingerprint density at radius 1 is 1.40 bits per heavy atom. The van der Waals surface area contributed by atoms with Crippen molar-refractivity contribution in [1.82, 2.24) is 9.97 Å². The van der Waals surface area contributed by atoms with Gasteiger partial charge in [0.05, 0.1) is 5.69 Å². The van der Waals surface area contributed by atoms with E-state index < -0.39 is 0 Å². The highest BCUT2D eigenvalue weighted by molar-refractivity contribution is 5.17. The van der Waals surface area contributed by atoms with E-state index in [1.165, 1.54) is 25.7 Å². The number of nitrogens with zero attached hydrogens (tertiary/aromatic N) is 1. The van der Waals surface area contributed by atoms with Crippen LogP contribution >= 0.6 is 0 Å². The van der Waals surface area contributed by atoms with Crippen LogP contribution in [0.2, 0.25) is 0 Å². The summed E-state index contributed by atoms with van der Waals surface area (Å²) in [5.41, 5.74) is 1.78. The van der Waals surface area contributed by atoms with Gasteiger partial charge >= 0.3 is 0 Å². The van der Waals surface area contributed by atoms with Crippen molar-refractivity contribution >= 4 is 0 Å². The molecule has 0 spiro atoms. The van der Waals surface area contributed by atoms with Crippen molar-refractivity contribution in [3.63, 3.8) is 0 Å². The Morgan fingerprint density at radius 3 is 2.67 bits per heavy atom. The van der Waals surface area contributed by atoms with Gasteiger partial charge < -0.3 is 4.98 Å². The van der Waals surface area contributed by atoms with Crippen LogP contribution in [0.15, 0.2) is 4.79 Å². The first-order chi connectivity index (χ1) is 7.22. The summed E-state index contributed by atoms with van der Waals surface area (Å²) in [6, 6.07) is 0. The highest BCUT2D eigenvalue weighted by Gasteiger charge is 2.20. The van der Waals surface area contributed by atoms with Crippen LogP contribution in [0.1, 0.15) is 55.6 Å².